The zero-order valence-corrected chi connectivity index (χ0v) is 14.8. The summed E-state index contributed by atoms with van der Waals surface area (Å²) < 4.78 is 5.25. The minimum absolute atomic E-state index is 0.128. The third-order valence-electron chi connectivity index (χ3n) is 4.11. The predicted molar refractivity (Wildman–Crippen MR) is 94.6 cm³/mol. The Kier molecular flexibility index (Phi) is 5.40. The molecule has 1 aliphatic heterocycles. The van der Waals surface area contributed by atoms with Gasteiger partial charge in [-0.1, -0.05) is 6.92 Å². The third-order valence-corrected chi connectivity index (χ3v) is 4.90. The number of nitrogens with zero attached hydrogens (tertiary/aromatic N) is 3. The number of hydrogen-bond acceptors (Lipinski definition) is 6. The molecule has 24 heavy (non-hydrogen) atoms. The quantitative estimate of drug-likeness (QED) is 0.840. The maximum atomic E-state index is 12.2. The molecular formula is C17H22N4O2S. The first-order valence-electron chi connectivity index (χ1n) is 8.22. The van der Waals surface area contributed by atoms with E-state index in [4.69, 9.17) is 4.42 Å². The Hall–Kier alpha value is -2.02. The van der Waals surface area contributed by atoms with Crippen LogP contribution in [0.2, 0.25) is 0 Å². The Balaban J connectivity index is 1.55. The van der Waals surface area contributed by atoms with E-state index in [-0.39, 0.29) is 11.9 Å². The summed E-state index contributed by atoms with van der Waals surface area (Å²) in [7, 11) is 0. The molecule has 1 amide bonds. The number of carbonyl (C=O) groups is 1. The lowest BCUT2D eigenvalue weighted by molar-refractivity contribution is 0.0902. The van der Waals surface area contributed by atoms with Crippen LogP contribution in [0.3, 0.4) is 0 Å². The number of hydrogen-bond donors (Lipinski definition) is 1. The lowest BCUT2D eigenvalue weighted by atomic mass is 10.0. The van der Waals surface area contributed by atoms with E-state index in [1.54, 1.807) is 30.3 Å². The molecule has 0 saturated carbocycles. The lowest BCUT2D eigenvalue weighted by Crippen LogP contribution is -2.45. The Morgan fingerprint density at radius 2 is 2.21 bits per heavy atom. The van der Waals surface area contributed by atoms with E-state index in [0.29, 0.717) is 5.76 Å². The maximum Gasteiger partial charge on any atom is 0.287 e. The topological polar surface area (TPSA) is 71.3 Å². The van der Waals surface area contributed by atoms with Crippen molar-refractivity contribution in [2.24, 2.45) is 0 Å². The van der Waals surface area contributed by atoms with Gasteiger partial charge in [0.15, 0.2) is 5.76 Å². The van der Waals surface area contributed by atoms with E-state index in [2.05, 4.69) is 27.1 Å². The number of furan rings is 1. The number of anilines is 1. The van der Waals surface area contributed by atoms with Gasteiger partial charge < -0.3 is 14.6 Å². The first-order chi connectivity index (χ1) is 11.7. The molecule has 0 unspecified atom stereocenters. The summed E-state index contributed by atoms with van der Waals surface area (Å²) in [6, 6.07) is 1.97. The molecule has 1 fully saturated rings. The van der Waals surface area contributed by atoms with Crippen LogP contribution in [-0.4, -0.2) is 40.8 Å². The lowest BCUT2D eigenvalue weighted by Gasteiger charge is -2.32. The minimum atomic E-state index is -0.128. The summed E-state index contributed by atoms with van der Waals surface area (Å²) in [6.07, 6.45) is 6.94. The van der Waals surface area contributed by atoms with E-state index in [0.717, 1.165) is 48.1 Å². The molecule has 3 rings (SSSR count). The molecule has 6 nitrogen and oxygen atoms in total. The number of rotatable bonds is 5. The molecule has 128 valence electrons. The SMILES string of the molecule is CCSc1cncc(N2CCC(NC(=O)c3occc3C)CC2)n1. The van der Waals surface area contributed by atoms with Crippen LogP contribution in [0.1, 0.15) is 35.9 Å². The van der Waals surface area contributed by atoms with Crippen molar-refractivity contribution in [1.82, 2.24) is 15.3 Å². The van der Waals surface area contributed by atoms with Gasteiger partial charge in [-0.15, -0.1) is 11.8 Å². The van der Waals surface area contributed by atoms with Crippen molar-refractivity contribution in [3.63, 3.8) is 0 Å². The molecule has 1 N–H and O–H groups in total. The molecule has 0 aliphatic carbocycles. The smallest absolute Gasteiger partial charge is 0.287 e. The molecule has 0 radical (unpaired) electrons. The fraction of sp³-hybridized carbons (Fsp3) is 0.471. The van der Waals surface area contributed by atoms with Crippen molar-refractivity contribution in [2.45, 2.75) is 37.8 Å². The fourth-order valence-corrected chi connectivity index (χ4v) is 3.41. The van der Waals surface area contributed by atoms with Crippen molar-refractivity contribution in [1.29, 1.82) is 0 Å². The number of carbonyl (C=O) groups excluding carboxylic acids is 1. The summed E-state index contributed by atoms with van der Waals surface area (Å²) in [5.41, 5.74) is 0.866. The van der Waals surface area contributed by atoms with Crippen LogP contribution in [0, 0.1) is 6.92 Å². The van der Waals surface area contributed by atoms with Crippen molar-refractivity contribution in [3.05, 3.63) is 36.0 Å². The molecule has 1 aliphatic rings. The van der Waals surface area contributed by atoms with Crippen LogP contribution in [0.5, 0.6) is 0 Å². The Bertz CT molecular complexity index is 695. The normalized spacial score (nSPS) is 15.5. The van der Waals surface area contributed by atoms with Gasteiger partial charge in [0.25, 0.3) is 5.91 Å². The monoisotopic (exact) mass is 346 g/mol. The number of nitrogens with one attached hydrogen (secondary N) is 1. The zero-order chi connectivity index (χ0) is 16.9. The van der Waals surface area contributed by atoms with Crippen LogP contribution in [0.15, 0.2) is 34.2 Å². The maximum absolute atomic E-state index is 12.2. The Labute approximate surface area is 146 Å². The molecule has 0 bridgehead atoms. The van der Waals surface area contributed by atoms with Crippen molar-refractivity contribution < 1.29 is 9.21 Å². The summed E-state index contributed by atoms with van der Waals surface area (Å²) in [5.74, 6) is 2.18. The van der Waals surface area contributed by atoms with Gasteiger partial charge in [-0.05, 0) is 31.6 Å². The Morgan fingerprint density at radius 1 is 1.42 bits per heavy atom. The number of aryl methyl sites for hydroxylation is 1. The van der Waals surface area contributed by atoms with Gasteiger partial charge in [-0.25, -0.2) is 4.98 Å². The van der Waals surface area contributed by atoms with Gasteiger partial charge in [0.05, 0.1) is 18.7 Å². The second-order valence-electron chi connectivity index (χ2n) is 5.82. The molecule has 0 atom stereocenters. The molecule has 2 aromatic heterocycles. The van der Waals surface area contributed by atoms with E-state index in [1.165, 1.54) is 0 Å². The van der Waals surface area contributed by atoms with Crippen molar-refractivity contribution in [2.75, 3.05) is 23.7 Å². The van der Waals surface area contributed by atoms with E-state index in [9.17, 15) is 4.79 Å². The van der Waals surface area contributed by atoms with Gasteiger partial charge in [-0.3, -0.25) is 9.78 Å². The second-order valence-corrected chi connectivity index (χ2v) is 7.10. The second kappa shape index (κ2) is 7.70. The van der Waals surface area contributed by atoms with Crippen LogP contribution in [0.25, 0.3) is 0 Å². The summed E-state index contributed by atoms with van der Waals surface area (Å²) in [4.78, 5) is 23.4. The van der Waals surface area contributed by atoms with Gasteiger partial charge in [-0.2, -0.15) is 0 Å². The molecule has 1 saturated heterocycles. The Morgan fingerprint density at radius 3 is 2.88 bits per heavy atom. The highest BCUT2D eigenvalue weighted by molar-refractivity contribution is 7.99. The average molecular weight is 346 g/mol. The third kappa shape index (κ3) is 3.90. The van der Waals surface area contributed by atoms with E-state index in [1.807, 2.05) is 13.1 Å². The largest absolute Gasteiger partial charge is 0.459 e. The van der Waals surface area contributed by atoms with Crippen LogP contribution in [0.4, 0.5) is 5.82 Å². The summed E-state index contributed by atoms with van der Waals surface area (Å²) in [5, 5.41) is 4.02. The van der Waals surface area contributed by atoms with Crippen LogP contribution >= 0.6 is 11.8 Å². The van der Waals surface area contributed by atoms with E-state index < -0.39 is 0 Å². The fourth-order valence-electron chi connectivity index (χ4n) is 2.82. The van der Waals surface area contributed by atoms with Gasteiger partial charge in [0.2, 0.25) is 0 Å². The first kappa shape index (κ1) is 16.8. The summed E-state index contributed by atoms with van der Waals surface area (Å²) >= 11 is 1.69. The molecule has 0 aromatic carbocycles. The van der Waals surface area contributed by atoms with Crippen LogP contribution in [-0.2, 0) is 0 Å². The van der Waals surface area contributed by atoms with Crippen molar-refractivity contribution >= 4 is 23.5 Å². The molecular weight excluding hydrogens is 324 g/mol. The van der Waals surface area contributed by atoms with Gasteiger partial charge in [0, 0.05) is 24.7 Å². The zero-order valence-electron chi connectivity index (χ0n) is 14.0. The number of amides is 1. The van der Waals surface area contributed by atoms with Gasteiger partial charge >= 0.3 is 0 Å². The first-order valence-corrected chi connectivity index (χ1v) is 9.20. The molecule has 3 heterocycles. The van der Waals surface area contributed by atoms with Gasteiger partial charge in [0.1, 0.15) is 10.8 Å². The predicted octanol–water partition coefficient (Wildman–Crippen LogP) is 2.89. The highest BCUT2D eigenvalue weighted by Crippen LogP contribution is 2.21. The van der Waals surface area contributed by atoms with Crippen LogP contribution < -0.4 is 10.2 Å². The van der Waals surface area contributed by atoms with E-state index >= 15 is 0 Å². The minimum Gasteiger partial charge on any atom is -0.459 e. The van der Waals surface area contributed by atoms with Crippen molar-refractivity contribution in [3.8, 4) is 0 Å². The number of thioether (sulfide) groups is 1. The molecule has 2 aromatic rings. The molecule has 7 heteroatoms. The number of piperidine rings is 1. The number of aromatic nitrogens is 2. The summed E-state index contributed by atoms with van der Waals surface area (Å²) in [6.45, 7) is 5.70. The standard InChI is InChI=1S/C17H22N4O2S/c1-3-24-15-11-18-10-14(20-15)21-7-4-13(5-8-21)19-17(22)16-12(2)6-9-23-16/h6,9-11,13H,3-5,7-8H2,1-2H3,(H,19,22). The molecule has 0 spiro atoms. The highest BCUT2D eigenvalue weighted by atomic mass is 32.2. The highest BCUT2D eigenvalue weighted by Gasteiger charge is 2.23. The average Bonchev–Trinajstić information content (AvgIpc) is 3.02.